The number of halogens is 1. The van der Waals surface area contributed by atoms with Gasteiger partial charge in [0.1, 0.15) is 0 Å². The van der Waals surface area contributed by atoms with E-state index in [4.69, 9.17) is 11.6 Å². The molecular formula is C13H19ClN2O3. The Morgan fingerprint density at radius 3 is 2.47 bits per heavy atom. The van der Waals surface area contributed by atoms with E-state index in [1.54, 1.807) is 6.07 Å². The Morgan fingerprint density at radius 1 is 1.42 bits per heavy atom. The fraction of sp³-hybridized carbons (Fsp3) is 0.538. The van der Waals surface area contributed by atoms with Crippen molar-refractivity contribution in [3.05, 3.63) is 38.9 Å². The second-order valence-electron chi connectivity index (χ2n) is 4.53. The van der Waals surface area contributed by atoms with Crippen LogP contribution in [0.15, 0.2) is 18.2 Å². The minimum absolute atomic E-state index is 0.0202. The van der Waals surface area contributed by atoms with Crippen molar-refractivity contribution in [2.75, 3.05) is 6.61 Å². The summed E-state index contributed by atoms with van der Waals surface area (Å²) in [6.07, 6.45) is 1.59. The summed E-state index contributed by atoms with van der Waals surface area (Å²) in [7, 11) is 0. The quantitative estimate of drug-likeness (QED) is 0.597. The van der Waals surface area contributed by atoms with Gasteiger partial charge in [0.25, 0.3) is 5.69 Å². The smallest absolute Gasteiger partial charge is 0.270 e. The first-order valence-corrected chi connectivity index (χ1v) is 6.64. The van der Waals surface area contributed by atoms with Gasteiger partial charge >= 0.3 is 0 Å². The van der Waals surface area contributed by atoms with E-state index in [-0.39, 0.29) is 17.8 Å². The lowest BCUT2D eigenvalue weighted by atomic mass is 9.93. The zero-order chi connectivity index (χ0) is 14.5. The van der Waals surface area contributed by atoms with Gasteiger partial charge in [-0.25, -0.2) is 0 Å². The molecule has 0 aliphatic heterocycles. The van der Waals surface area contributed by atoms with Gasteiger partial charge in [0.05, 0.1) is 16.6 Å². The van der Waals surface area contributed by atoms with Gasteiger partial charge in [0, 0.05) is 24.2 Å². The topological polar surface area (TPSA) is 75.4 Å². The summed E-state index contributed by atoms with van der Waals surface area (Å²) in [4.78, 5) is 10.1. The molecule has 0 aromatic heterocycles. The molecule has 0 saturated heterocycles. The van der Waals surface area contributed by atoms with Crippen molar-refractivity contribution in [1.82, 2.24) is 5.32 Å². The van der Waals surface area contributed by atoms with Crippen LogP contribution in [0.25, 0.3) is 0 Å². The lowest BCUT2D eigenvalue weighted by Crippen LogP contribution is -2.47. The van der Waals surface area contributed by atoms with Crippen molar-refractivity contribution in [1.29, 1.82) is 0 Å². The molecule has 1 aromatic rings. The molecule has 0 amide bonds. The Kier molecular flexibility index (Phi) is 5.72. The number of hydrogen-bond donors (Lipinski definition) is 2. The van der Waals surface area contributed by atoms with Crippen LogP contribution in [0.1, 0.15) is 32.3 Å². The van der Waals surface area contributed by atoms with Gasteiger partial charge in [-0.05, 0) is 24.5 Å². The van der Waals surface area contributed by atoms with Gasteiger partial charge in [-0.1, -0.05) is 25.4 Å². The van der Waals surface area contributed by atoms with Gasteiger partial charge in [0.2, 0.25) is 0 Å². The third-order valence-corrected chi connectivity index (χ3v) is 3.91. The monoisotopic (exact) mass is 286 g/mol. The Hall–Kier alpha value is -1.17. The van der Waals surface area contributed by atoms with Gasteiger partial charge in [-0.15, -0.1) is 0 Å². The second-order valence-corrected chi connectivity index (χ2v) is 4.94. The first kappa shape index (κ1) is 15.9. The van der Waals surface area contributed by atoms with E-state index in [0.717, 1.165) is 18.4 Å². The molecular weight excluding hydrogens is 268 g/mol. The zero-order valence-corrected chi connectivity index (χ0v) is 11.9. The molecule has 0 aliphatic rings. The molecule has 6 heteroatoms. The molecule has 1 aromatic carbocycles. The number of non-ortho nitro benzene ring substituents is 1. The number of nitrogens with zero attached hydrogens (tertiary/aromatic N) is 1. The lowest BCUT2D eigenvalue weighted by Gasteiger charge is -2.31. The van der Waals surface area contributed by atoms with Crippen LogP contribution in [0.5, 0.6) is 0 Å². The first-order chi connectivity index (χ1) is 8.98. The third-order valence-electron chi connectivity index (χ3n) is 3.56. The lowest BCUT2D eigenvalue weighted by molar-refractivity contribution is -0.384. The highest BCUT2D eigenvalue weighted by molar-refractivity contribution is 6.31. The van der Waals surface area contributed by atoms with Crippen molar-refractivity contribution < 1.29 is 10.0 Å². The molecule has 0 radical (unpaired) electrons. The van der Waals surface area contributed by atoms with Gasteiger partial charge in [-0.2, -0.15) is 0 Å². The molecule has 0 bridgehead atoms. The molecule has 19 heavy (non-hydrogen) atoms. The molecule has 0 saturated carbocycles. The van der Waals surface area contributed by atoms with E-state index in [9.17, 15) is 15.2 Å². The van der Waals surface area contributed by atoms with E-state index in [2.05, 4.69) is 5.32 Å². The largest absolute Gasteiger partial charge is 0.394 e. The molecule has 5 nitrogen and oxygen atoms in total. The van der Waals surface area contributed by atoms with Crippen molar-refractivity contribution >= 4 is 17.3 Å². The maximum atomic E-state index is 10.6. The number of nitro groups is 1. The maximum absolute atomic E-state index is 10.6. The summed E-state index contributed by atoms with van der Waals surface area (Å²) >= 11 is 6.02. The minimum Gasteiger partial charge on any atom is -0.394 e. The highest BCUT2D eigenvalue weighted by Gasteiger charge is 2.24. The molecule has 0 aliphatic carbocycles. The van der Waals surface area contributed by atoms with Crippen LogP contribution in [0.3, 0.4) is 0 Å². The molecule has 0 heterocycles. The summed E-state index contributed by atoms with van der Waals surface area (Å²) in [5.41, 5.74) is 0.436. The van der Waals surface area contributed by atoms with E-state index >= 15 is 0 Å². The van der Waals surface area contributed by atoms with Crippen LogP contribution >= 0.6 is 11.6 Å². The number of nitro benzene ring substituents is 1. The van der Waals surface area contributed by atoms with Crippen LogP contribution in [-0.2, 0) is 6.54 Å². The van der Waals surface area contributed by atoms with E-state index in [1.165, 1.54) is 12.1 Å². The van der Waals surface area contributed by atoms with Gasteiger partial charge in [0.15, 0.2) is 0 Å². The normalized spacial score (nSPS) is 11.6. The van der Waals surface area contributed by atoms with E-state index < -0.39 is 4.92 Å². The SMILES string of the molecule is CCC(CC)(CO)NCc1ccc([N+](=O)[O-])cc1Cl. The summed E-state index contributed by atoms with van der Waals surface area (Å²) in [5.74, 6) is 0. The highest BCUT2D eigenvalue weighted by atomic mass is 35.5. The standard InChI is InChI=1S/C13H19ClN2O3/c1-3-13(4-2,9-17)15-8-10-5-6-11(16(18)19)7-12(10)14/h5-7,15,17H,3-4,8-9H2,1-2H3. The number of nitrogens with one attached hydrogen (secondary N) is 1. The Balaban J connectivity index is 2.80. The summed E-state index contributed by atoms with van der Waals surface area (Å²) in [6.45, 7) is 4.53. The molecule has 0 fully saturated rings. The molecule has 0 atom stereocenters. The molecule has 2 N–H and O–H groups in total. The average molecular weight is 287 g/mol. The number of hydrogen-bond acceptors (Lipinski definition) is 4. The zero-order valence-electron chi connectivity index (χ0n) is 11.1. The Labute approximate surface area is 117 Å². The second kappa shape index (κ2) is 6.84. The van der Waals surface area contributed by atoms with Crippen molar-refractivity contribution in [3.8, 4) is 0 Å². The van der Waals surface area contributed by atoms with Crippen LogP contribution in [0, 0.1) is 10.1 Å². The Morgan fingerprint density at radius 2 is 2.05 bits per heavy atom. The molecule has 106 valence electrons. The number of rotatable bonds is 7. The van der Waals surface area contributed by atoms with Gasteiger partial charge < -0.3 is 10.4 Å². The number of aliphatic hydroxyl groups is 1. The fourth-order valence-corrected chi connectivity index (χ4v) is 2.10. The predicted molar refractivity (Wildman–Crippen MR) is 75.3 cm³/mol. The summed E-state index contributed by atoms with van der Waals surface area (Å²) in [6, 6.07) is 4.42. The molecule has 0 spiro atoms. The molecule has 1 rings (SSSR count). The first-order valence-electron chi connectivity index (χ1n) is 6.26. The van der Waals surface area contributed by atoms with Crippen molar-refractivity contribution in [3.63, 3.8) is 0 Å². The minimum atomic E-state index is -0.473. The van der Waals surface area contributed by atoms with Crippen LogP contribution < -0.4 is 5.32 Å². The van der Waals surface area contributed by atoms with Crippen LogP contribution in [0.4, 0.5) is 5.69 Å². The predicted octanol–water partition coefficient (Wildman–Crippen LogP) is 2.89. The van der Waals surface area contributed by atoms with E-state index in [1.807, 2.05) is 13.8 Å². The number of benzene rings is 1. The number of aliphatic hydroxyl groups excluding tert-OH is 1. The maximum Gasteiger partial charge on any atom is 0.270 e. The average Bonchev–Trinajstić information content (AvgIpc) is 2.42. The molecule has 0 unspecified atom stereocenters. The summed E-state index contributed by atoms with van der Waals surface area (Å²) in [5, 5.41) is 23.7. The fourth-order valence-electron chi connectivity index (χ4n) is 1.86. The van der Waals surface area contributed by atoms with Crippen molar-refractivity contribution in [2.24, 2.45) is 0 Å². The van der Waals surface area contributed by atoms with Crippen molar-refractivity contribution in [2.45, 2.75) is 38.8 Å². The van der Waals surface area contributed by atoms with Crippen LogP contribution in [0.2, 0.25) is 5.02 Å². The van der Waals surface area contributed by atoms with Gasteiger partial charge in [-0.3, -0.25) is 10.1 Å². The highest BCUT2D eigenvalue weighted by Crippen LogP contribution is 2.23. The van der Waals surface area contributed by atoms with E-state index in [0.29, 0.717) is 11.6 Å². The third kappa shape index (κ3) is 3.89. The summed E-state index contributed by atoms with van der Waals surface area (Å²) < 4.78 is 0. The Bertz CT molecular complexity index is 439. The van der Waals surface area contributed by atoms with Crippen LogP contribution in [-0.4, -0.2) is 22.2 Å².